The Hall–Kier alpha value is -4.08. The van der Waals surface area contributed by atoms with Crippen LogP contribution in [0.3, 0.4) is 0 Å². The van der Waals surface area contributed by atoms with Crippen LogP contribution in [0.15, 0.2) is 66.7 Å². The monoisotopic (exact) mass is 442 g/mol. The smallest absolute Gasteiger partial charge is 0.262 e. The van der Waals surface area contributed by atoms with Crippen LogP contribution in [0.25, 0.3) is 22.7 Å². The van der Waals surface area contributed by atoms with Gasteiger partial charge in [-0.1, -0.05) is 35.9 Å². The Morgan fingerprint density at radius 2 is 1.97 bits per heavy atom. The van der Waals surface area contributed by atoms with E-state index in [1.807, 2.05) is 43.3 Å². The van der Waals surface area contributed by atoms with Crippen molar-refractivity contribution in [2.45, 2.75) is 6.92 Å². The number of carbonyl (C=O) groups excluding carboxylic acids is 1. The number of hydrogen-bond donors (Lipinski definition) is 2. The molecule has 6 nitrogen and oxygen atoms in total. The Bertz CT molecular complexity index is 1320. The van der Waals surface area contributed by atoms with Gasteiger partial charge in [-0.25, -0.2) is 4.98 Å². The summed E-state index contributed by atoms with van der Waals surface area (Å²) >= 11 is 6.00. The van der Waals surface area contributed by atoms with Crippen LogP contribution in [0.2, 0.25) is 5.02 Å². The molecule has 0 unspecified atom stereocenters. The highest BCUT2D eigenvalue weighted by Crippen LogP contribution is 2.21. The fourth-order valence-electron chi connectivity index (χ4n) is 3.13. The molecule has 4 aromatic rings. The van der Waals surface area contributed by atoms with Crippen molar-refractivity contribution in [3.05, 3.63) is 88.7 Å². The second kappa shape index (κ2) is 9.38. The molecule has 0 saturated heterocycles. The highest BCUT2D eigenvalue weighted by molar-refractivity contribution is 6.31. The maximum absolute atomic E-state index is 12.1. The number of fused-ring (bicyclic) bond motifs is 1. The molecule has 0 bridgehead atoms. The number of halogens is 1. The van der Waals surface area contributed by atoms with Crippen LogP contribution in [0.4, 0.5) is 5.69 Å². The number of rotatable bonds is 6. The summed E-state index contributed by atoms with van der Waals surface area (Å²) in [6.45, 7) is 1.75. The minimum Gasteiger partial charge on any atom is -0.484 e. The van der Waals surface area contributed by atoms with Gasteiger partial charge in [-0.15, -0.1) is 0 Å². The predicted molar refractivity (Wildman–Crippen MR) is 126 cm³/mol. The zero-order valence-corrected chi connectivity index (χ0v) is 18.0. The van der Waals surface area contributed by atoms with E-state index in [9.17, 15) is 10.1 Å². The Balaban J connectivity index is 1.39. The third-order valence-corrected chi connectivity index (χ3v) is 5.19. The van der Waals surface area contributed by atoms with Crippen LogP contribution in [0.1, 0.15) is 17.0 Å². The second-order valence-electron chi connectivity index (χ2n) is 7.14. The first-order chi connectivity index (χ1) is 15.5. The van der Waals surface area contributed by atoms with E-state index in [4.69, 9.17) is 16.3 Å². The fourth-order valence-corrected chi connectivity index (χ4v) is 3.25. The fraction of sp³-hybridized carbons (Fsp3) is 0.0800. The molecule has 0 radical (unpaired) electrons. The first-order valence-electron chi connectivity index (χ1n) is 9.87. The van der Waals surface area contributed by atoms with Gasteiger partial charge in [0.15, 0.2) is 6.61 Å². The molecule has 158 valence electrons. The summed E-state index contributed by atoms with van der Waals surface area (Å²) in [7, 11) is 0. The number of anilines is 1. The van der Waals surface area contributed by atoms with Crippen LogP contribution < -0.4 is 10.1 Å². The van der Waals surface area contributed by atoms with Gasteiger partial charge in [0, 0.05) is 10.7 Å². The number of allylic oxidation sites excluding steroid dienone is 1. The molecule has 0 spiro atoms. The van der Waals surface area contributed by atoms with Crippen molar-refractivity contribution in [2.24, 2.45) is 0 Å². The van der Waals surface area contributed by atoms with Crippen molar-refractivity contribution in [2.75, 3.05) is 11.9 Å². The molecule has 2 N–H and O–H groups in total. The maximum Gasteiger partial charge on any atom is 0.262 e. The second-order valence-corrected chi connectivity index (χ2v) is 7.55. The van der Waals surface area contributed by atoms with E-state index in [2.05, 4.69) is 21.4 Å². The number of para-hydroxylation sites is 2. The van der Waals surface area contributed by atoms with Crippen LogP contribution in [-0.4, -0.2) is 22.5 Å². The molecule has 0 aliphatic carbocycles. The van der Waals surface area contributed by atoms with E-state index in [0.29, 0.717) is 27.9 Å². The summed E-state index contributed by atoms with van der Waals surface area (Å²) in [5, 5.41) is 13.0. The van der Waals surface area contributed by atoms with E-state index in [1.165, 1.54) is 0 Å². The van der Waals surface area contributed by atoms with E-state index < -0.39 is 0 Å². The van der Waals surface area contributed by atoms with E-state index >= 15 is 0 Å². The topological polar surface area (TPSA) is 90.8 Å². The lowest BCUT2D eigenvalue weighted by atomic mass is 10.1. The van der Waals surface area contributed by atoms with Crippen LogP contribution in [0.5, 0.6) is 5.75 Å². The van der Waals surface area contributed by atoms with Crippen LogP contribution >= 0.6 is 11.6 Å². The number of ether oxygens (including phenoxy) is 1. The molecule has 0 aliphatic rings. The molecule has 3 aromatic carbocycles. The van der Waals surface area contributed by atoms with E-state index in [1.54, 1.807) is 36.4 Å². The van der Waals surface area contributed by atoms with Crippen molar-refractivity contribution >= 4 is 45.9 Å². The molecular formula is C25H19ClN4O2. The number of aryl methyl sites for hydroxylation is 1. The summed E-state index contributed by atoms with van der Waals surface area (Å²) in [5.74, 6) is 0.794. The lowest BCUT2D eigenvalue weighted by Gasteiger charge is -2.09. The Morgan fingerprint density at radius 3 is 2.69 bits per heavy atom. The molecule has 7 heteroatoms. The van der Waals surface area contributed by atoms with Crippen molar-refractivity contribution in [1.29, 1.82) is 5.26 Å². The summed E-state index contributed by atoms with van der Waals surface area (Å²) in [4.78, 5) is 19.8. The van der Waals surface area contributed by atoms with E-state index in [0.717, 1.165) is 22.2 Å². The largest absolute Gasteiger partial charge is 0.484 e. The molecule has 0 aliphatic heterocycles. The Kier molecular flexibility index (Phi) is 6.20. The zero-order chi connectivity index (χ0) is 22.5. The lowest BCUT2D eigenvalue weighted by molar-refractivity contribution is -0.118. The van der Waals surface area contributed by atoms with Gasteiger partial charge in [0.2, 0.25) is 0 Å². The summed E-state index contributed by atoms with van der Waals surface area (Å²) in [5.41, 5.74) is 4.46. The van der Waals surface area contributed by atoms with Gasteiger partial charge in [0.1, 0.15) is 17.6 Å². The van der Waals surface area contributed by atoms with Gasteiger partial charge < -0.3 is 15.0 Å². The van der Waals surface area contributed by atoms with Gasteiger partial charge >= 0.3 is 0 Å². The summed E-state index contributed by atoms with van der Waals surface area (Å²) < 4.78 is 5.56. The lowest BCUT2D eigenvalue weighted by Crippen LogP contribution is -2.20. The average Bonchev–Trinajstić information content (AvgIpc) is 3.23. The number of H-pyrrole nitrogens is 1. The number of aromatic amines is 1. The molecule has 1 aromatic heterocycles. The summed E-state index contributed by atoms with van der Waals surface area (Å²) in [6.07, 6.45) is 1.75. The van der Waals surface area contributed by atoms with Gasteiger partial charge in [0.05, 0.1) is 16.6 Å². The molecule has 1 heterocycles. The van der Waals surface area contributed by atoms with Crippen molar-refractivity contribution in [3.63, 3.8) is 0 Å². The number of nitriles is 1. The molecule has 32 heavy (non-hydrogen) atoms. The SMILES string of the molecule is Cc1cc(NC(=O)COc2ccc(/C=C(\C#N)c3nc4ccccc4[nH]3)cc2)ccc1Cl. The molecule has 0 saturated carbocycles. The minimum atomic E-state index is -0.271. The highest BCUT2D eigenvalue weighted by atomic mass is 35.5. The number of imidazole rings is 1. The molecule has 4 rings (SSSR count). The van der Waals surface area contributed by atoms with Crippen molar-refractivity contribution < 1.29 is 9.53 Å². The number of carbonyl (C=O) groups is 1. The Morgan fingerprint density at radius 1 is 1.19 bits per heavy atom. The third kappa shape index (κ3) is 4.97. The number of amides is 1. The highest BCUT2D eigenvalue weighted by Gasteiger charge is 2.08. The third-order valence-electron chi connectivity index (χ3n) is 4.77. The van der Waals surface area contributed by atoms with Gasteiger partial charge in [-0.3, -0.25) is 4.79 Å². The van der Waals surface area contributed by atoms with Gasteiger partial charge in [0.25, 0.3) is 5.91 Å². The molecular weight excluding hydrogens is 424 g/mol. The minimum absolute atomic E-state index is 0.126. The van der Waals surface area contributed by atoms with Crippen molar-refractivity contribution in [1.82, 2.24) is 9.97 Å². The first-order valence-corrected chi connectivity index (χ1v) is 10.3. The van der Waals surface area contributed by atoms with Gasteiger partial charge in [-0.05, 0) is 66.6 Å². The molecule has 0 fully saturated rings. The van der Waals surface area contributed by atoms with E-state index in [-0.39, 0.29) is 12.5 Å². The average molecular weight is 443 g/mol. The number of aromatic nitrogens is 2. The molecule has 1 amide bonds. The van der Waals surface area contributed by atoms with Crippen LogP contribution in [0, 0.1) is 18.3 Å². The van der Waals surface area contributed by atoms with Crippen LogP contribution in [-0.2, 0) is 4.79 Å². The number of nitrogens with zero attached hydrogens (tertiary/aromatic N) is 2. The number of nitrogens with one attached hydrogen (secondary N) is 2. The van der Waals surface area contributed by atoms with Crippen molar-refractivity contribution in [3.8, 4) is 11.8 Å². The standard InChI is InChI=1S/C25H19ClN4O2/c1-16-12-19(8-11-21(16)26)28-24(31)15-32-20-9-6-17(7-10-20)13-18(14-27)25-29-22-4-2-3-5-23(22)30-25/h2-13H,15H2,1H3,(H,28,31)(H,29,30)/b18-13+. The normalized spacial score (nSPS) is 11.2. The maximum atomic E-state index is 12.1. The zero-order valence-electron chi connectivity index (χ0n) is 17.2. The quantitative estimate of drug-likeness (QED) is 0.380. The first kappa shape index (κ1) is 21.2. The Labute approximate surface area is 190 Å². The predicted octanol–water partition coefficient (Wildman–Crippen LogP) is 5.61. The van der Waals surface area contributed by atoms with Gasteiger partial charge in [-0.2, -0.15) is 5.26 Å². The number of benzene rings is 3. The molecule has 0 atom stereocenters. The summed E-state index contributed by atoms with van der Waals surface area (Å²) in [6, 6.07) is 22.2. The number of hydrogen-bond acceptors (Lipinski definition) is 4.